The molecule has 0 aliphatic heterocycles. The van der Waals surface area contributed by atoms with Crippen LogP contribution < -0.4 is 10.2 Å². The quantitative estimate of drug-likeness (QED) is 0.878. The molecule has 19 heavy (non-hydrogen) atoms. The Kier molecular flexibility index (Phi) is 4.47. The lowest BCUT2D eigenvalue weighted by Gasteiger charge is -2.23. The molecular weight excluding hydrogens is 251 g/mol. The summed E-state index contributed by atoms with van der Waals surface area (Å²) in [5, 5.41) is 11.5. The number of hydrogen-bond acceptors (Lipinski definition) is 2. The van der Waals surface area contributed by atoms with Gasteiger partial charge in [-0.1, -0.05) is 0 Å². The van der Waals surface area contributed by atoms with Gasteiger partial charge >= 0.3 is 12.0 Å². The first-order valence-corrected chi connectivity index (χ1v) is 5.74. The number of urea groups is 1. The summed E-state index contributed by atoms with van der Waals surface area (Å²) in [5.41, 5.74) is -0.522. The highest BCUT2D eigenvalue weighted by atomic mass is 19.1. The Balaban J connectivity index is 2.63. The molecule has 0 aliphatic rings. The number of carboxylic acid groups (broad SMARTS) is 1. The molecule has 0 unspecified atom stereocenters. The first kappa shape index (κ1) is 14.9. The lowest BCUT2D eigenvalue weighted by atomic mass is 9.94. The Morgan fingerprint density at radius 3 is 2.32 bits per heavy atom. The van der Waals surface area contributed by atoms with E-state index in [0.29, 0.717) is 5.69 Å². The number of carbonyl (C=O) groups excluding carboxylic acids is 1. The van der Waals surface area contributed by atoms with Gasteiger partial charge in [-0.3, -0.25) is 9.69 Å². The summed E-state index contributed by atoms with van der Waals surface area (Å²) in [4.78, 5) is 24.0. The van der Waals surface area contributed by atoms with Gasteiger partial charge in [0.05, 0.1) is 5.41 Å². The third-order valence-electron chi connectivity index (χ3n) is 2.78. The number of carbonyl (C=O) groups is 2. The third kappa shape index (κ3) is 3.94. The molecule has 1 aromatic carbocycles. The molecule has 0 fully saturated rings. The normalized spacial score (nSPS) is 10.9. The van der Waals surface area contributed by atoms with Gasteiger partial charge in [0.2, 0.25) is 0 Å². The average Bonchev–Trinajstić information content (AvgIpc) is 2.36. The fourth-order valence-corrected chi connectivity index (χ4v) is 1.27. The van der Waals surface area contributed by atoms with Gasteiger partial charge in [0.15, 0.2) is 0 Å². The highest BCUT2D eigenvalue weighted by Crippen LogP contribution is 2.15. The summed E-state index contributed by atoms with van der Waals surface area (Å²) in [7, 11) is 1.52. The molecule has 0 radical (unpaired) electrons. The zero-order chi connectivity index (χ0) is 14.6. The van der Waals surface area contributed by atoms with Gasteiger partial charge in [-0.25, -0.2) is 9.18 Å². The number of amides is 2. The number of rotatable bonds is 4. The second-order valence-corrected chi connectivity index (χ2v) is 4.88. The molecule has 0 saturated heterocycles. The molecule has 1 aromatic rings. The van der Waals surface area contributed by atoms with E-state index in [2.05, 4.69) is 5.32 Å². The van der Waals surface area contributed by atoms with E-state index in [1.54, 1.807) is 0 Å². The molecule has 0 aliphatic carbocycles. The number of benzene rings is 1. The monoisotopic (exact) mass is 268 g/mol. The molecule has 104 valence electrons. The van der Waals surface area contributed by atoms with E-state index in [1.165, 1.54) is 50.1 Å². The number of hydrogen-bond donors (Lipinski definition) is 2. The number of anilines is 1. The molecule has 6 heteroatoms. The van der Waals surface area contributed by atoms with Crippen molar-refractivity contribution in [2.75, 3.05) is 18.5 Å². The van der Waals surface area contributed by atoms with Crippen LogP contribution in [0.3, 0.4) is 0 Å². The molecule has 0 bridgehead atoms. The average molecular weight is 268 g/mol. The molecule has 2 amide bonds. The van der Waals surface area contributed by atoms with Crippen LogP contribution in [0.25, 0.3) is 0 Å². The van der Waals surface area contributed by atoms with E-state index in [9.17, 15) is 14.0 Å². The summed E-state index contributed by atoms with van der Waals surface area (Å²) >= 11 is 0. The van der Waals surface area contributed by atoms with Crippen molar-refractivity contribution in [1.82, 2.24) is 5.32 Å². The van der Waals surface area contributed by atoms with Crippen LogP contribution in [0.4, 0.5) is 14.9 Å². The fraction of sp³-hybridized carbons (Fsp3) is 0.385. The zero-order valence-corrected chi connectivity index (χ0v) is 11.1. The number of nitrogens with one attached hydrogen (secondary N) is 1. The second kappa shape index (κ2) is 5.69. The molecule has 2 N–H and O–H groups in total. The van der Waals surface area contributed by atoms with Crippen molar-refractivity contribution in [3.05, 3.63) is 30.1 Å². The summed E-state index contributed by atoms with van der Waals surface area (Å²) < 4.78 is 12.8. The maximum absolute atomic E-state index is 12.8. The number of halogens is 1. The fourth-order valence-electron chi connectivity index (χ4n) is 1.27. The minimum atomic E-state index is -1.04. The van der Waals surface area contributed by atoms with Gasteiger partial charge in [0.1, 0.15) is 5.82 Å². The molecule has 1 rings (SSSR count). The van der Waals surface area contributed by atoms with Crippen molar-refractivity contribution in [2.45, 2.75) is 13.8 Å². The predicted molar refractivity (Wildman–Crippen MR) is 69.6 cm³/mol. The van der Waals surface area contributed by atoms with Crippen LogP contribution in [0.2, 0.25) is 0 Å². The molecule has 0 spiro atoms. The number of carboxylic acids is 1. The van der Waals surface area contributed by atoms with Crippen LogP contribution in [0.15, 0.2) is 24.3 Å². The van der Waals surface area contributed by atoms with Gasteiger partial charge in [0, 0.05) is 19.3 Å². The summed E-state index contributed by atoms with van der Waals surface area (Å²) in [6.45, 7) is 3.05. The molecule has 5 nitrogen and oxygen atoms in total. The van der Waals surface area contributed by atoms with Crippen LogP contribution in [0.1, 0.15) is 13.8 Å². The Hall–Kier alpha value is -2.11. The van der Waals surface area contributed by atoms with Crippen molar-refractivity contribution < 1.29 is 19.1 Å². The van der Waals surface area contributed by atoms with Crippen LogP contribution in [0, 0.1) is 11.2 Å². The van der Waals surface area contributed by atoms with E-state index in [4.69, 9.17) is 5.11 Å². The molecule has 0 atom stereocenters. The van der Waals surface area contributed by atoms with Gasteiger partial charge in [-0.2, -0.15) is 0 Å². The highest BCUT2D eigenvalue weighted by Gasteiger charge is 2.28. The minimum absolute atomic E-state index is 0.00665. The second-order valence-electron chi connectivity index (χ2n) is 4.88. The third-order valence-corrected chi connectivity index (χ3v) is 2.78. The van der Waals surface area contributed by atoms with Gasteiger partial charge in [-0.15, -0.1) is 0 Å². The van der Waals surface area contributed by atoms with Crippen LogP contribution >= 0.6 is 0 Å². The Morgan fingerprint density at radius 1 is 1.32 bits per heavy atom. The zero-order valence-electron chi connectivity index (χ0n) is 11.1. The summed E-state index contributed by atoms with van der Waals surface area (Å²) in [6.07, 6.45) is 0. The van der Waals surface area contributed by atoms with Gasteiger partial charge in [0.25, 0.3) is 0 Å². The maximum atomic E-state index is 12.8. The molecule has 0 heterocycles. The topological polar surface area (TPSA) is 69.6 Å². The van der Waals surface area contributed by atoms with E-state index in [0.717, 1.165) is 0 Å². The molecule has 0 aromatic heterocycles. The van der Waals surface area contributed by atoms with E-state index < -0.39 is 17.4 Å². The number of aliphatic carboxylic acids is 1. The van der Waals surface area contributed by atoms with E-state index in [-0.39, 0.29) is 12.4 Å². The highest BCUT2D eigenvalue weighted by molar-refractivity contribution is 5.91. The maximum Gasteiger partial charge on any atom is 0.321 e. The molecular formula is C13H17FN2O3. The Bertz CT molecular complexity index is 471. The van der Waals surface area contributed by atoms with Crippen molar-refractivity contribution in [3.63, 3.8) is 0 Å². The first-order valence-electron chi connectivity index (χ1n) is 5.74. The smallest absolute Gasteiger partial charge is 0.321 e. The largest absolute Gasteiger partial charge is 0.481 e. The molecule has 0 saturated carbocycles. The Morgan fingerprint density at radius 2 is 1.84 bits per heavy atom. The van der Waals surface area contributed by atoms with Crippen molar-refractivity contribution >= 4 is 17.7 Å². The van der Waals surface area contributed by atoms with Crippen LogP contribution in [-0.4, -0.2) is 30.7 Å². The van der Waals surface area contributed by atoms with E-state index >= 15 is 0 Å². The predicted octanol–water partition coefficient (Wildman–Crippen LogP) is 2.08. The van der Waals surface area contributed by atoms with Crippen molar-refractivity contribution in [3.8, 4) is 0 Å². The van der Waals surface area contributed by atoms with Gasteiger partial charge in [-0.05, 0) is 38.1 Å². The van der Waals surface area contributed by atoms with Crippen LogP contribution in [0.5, 0.6) is 0 Å². The Labute approximate surface area is 111 Å². The standard InChI is InChI=1S/C13H17FN2O3/c1-13(2,11(17)18)8-15-12(19)16(3)10-6-4-9(14)5-7-10/h4-7H,8H2,1-3H3,(H,15,19)(H,17,18). The first-order chi connectivity index (χ1) is 8.74. The van der Waals surface area contributed by atoms with Gasteiger partial charge < -0.3 is 10.4 Å². The summed E-state index contributed by atoms with van der Waals surface area (Å²) in [5.74, 6) is -1.37. The van der Waals surface area contributed by atoms with Crippen molar-refractivity contribution in [1.29, 1.82) is 0 Å². The van der Waals surface area contributed by atoms with Crippen molar-refractivity contribution in [2.24, 2.45) is 5.41 Å². The SMILES string of the molecule is CN(C(=O)NCC(C)(C)C(=O)O)c1ccc(F)cc1. The number of nitrogens with zero attached hydrogens (tertiary/aromatic N) is 1. The lowest BCUT2D eigenvalue weighted by Crippen LogP contribution is -2.44. The van der Waals surface area contributed by atoms with E-state index in [1.807, 2.05) is 0 Å². The summed E-state index contributed by atoms with van der Waals surface area (Å²) in [6, 6.07) is 5.00. The lowest BCUT2D eigenvalue weighted by molar-refractivity contribution is -0.146. The van der Waals surface area contributed by atoms with Crippen LogP contribution in [-0.2, 0) is 4.79 Å². The minimum Gasteiger partial charge on any atom is -0.481 e.